The average molecular weight is 470 g/mol. The predicted octanol–water partition coefficient (Wildman–Crippen LogP) is 4.09. The zero-order valence-electron chi connectivity index (χ0n) is 20.0. The molecule has 0 radical (unpaired) electrons. The molecule has 1 amide bonds. The van der Waals surface area contributed by atoms with Gasteiger partial charge >= 0.3 is 0 Å². The van der Waals surface area contributed by atoms with E-state index in [-0.39, 0.29) is 0 Å². The molecule has 1 aliphatic rings. The van der Waals surface area contributed by atoms with Crippen LogP contribution in [0.3, 0.4) is 0 Å². The topological polar surface area (TPSA) is 87.5 Å². The fraction of sp³-hybridized carbons (Fsp3) is 0.286. The summed E-state index contributed by atoms with van der Waals surface area (Å²) in [5.74, 6) is 1.24. The number of carbonyl (C=O) groups excluding carboxylic acids is 1. The lowest BCUT2D eigenvalue weighted by atomic mass is 10.1. The Balaban J connectivity index is 1.19. The number of imidazole rings is 1. The van der Waals surface area contributed by atoms with Crippen molar-refractivity contribution in [3.8, 4) is 17.1 Å². The zero-order valence-corrected chi connectivity index (χ0v) is 20.0. The van der Waals surface area contributed by atoms with Crippen molar-refractivity contribution in [2.45, 2.75) is 13.3 Å². The highest BCUT2D eigenvalue weighted by Crippen LogP contribution is 2.29. The lowest BCUT2D eigenvalue weighted by Gasteiger charge is -2.36. The van der Waals surface area contributed by atoms with Crippen molar-refractivity contribution in [3.05, 3.63) is 77.9 Å². The molecule has 4 aromatic rings. The van der Waals surface area contributed by atoms with E-state index >= 15 is 0 Å². The van der Waals surface area contributed by atoms with Gasteiger partial charge in [0.1, 0.15) is 23.7 Å². The number of rotatable bonds is 8. The number of piperazine rings is 1. The number of hydrogen-bond donors (Lipinski definition) is 2. The van der Waals surface area contributed by atoms with Gasteiger partial charge in [-0.2, -0.15) is 0 Å². The van der Waals surface area contributed by atoms with E-state index in [0.29, 0.717) is 12.2 Å². The van der Waals surface area contributed by atoms with Gasteiger partial charge in [-0.05, 0) is 54.4 Å². The van der Waals surface area contributed by atoms with Gasteiger partial charge in [0.15, 0.2) is 0 Å². The van der Waals surface area contributed by atoms with Gasteiger partial charge in [0.2, 0.25) is 5.91 Å². The van der Waals surface area contributed by atoms with Crippen molar-refractivity contribution in [2.24, 2.45) is 5.73 Å². The van der Waals surface area contributed by atoms with Crippen LogP contribution in [-0.4, -0.2) is 60.1 Å². The molecule has 7 heteroatoms. The highest BCUT2D eigenvalue weighted by Gasteiger charge is 2.20. The highest BCUT2D eigenvalue weighted by molar-refractivity contribution is 5.93. The Labute approximate surface area is 205 Å². The number of aromatic amines is 1. The van der Waals surface area contributed by atoms with E-state index in [2.05, 4.69) is 64.2 Å². The van der Waals surface area contributed by atoms with E-state index in [1.54, 1.807) is 24.3 Å². The van der Waals surface area contributed by atoms with Crippen molar-refractivity contribution < 1.29 is 9.53 Å². The third-order valence-electron chi connectivity index (χ3n) is 6.63. The third-order valence-corrected chi connectivity index (χ3v) is 6.63. The number of carbonyl (C=O) groups is 1. The number of nitrogens with two attached hydrogens (primary N) is 1. The SMILES string of the molecule is CCc1cccc(-c2nc3c(N4CCN(CCOc5ccc(C(N)=O)cc5)CC4)cccc3[nH]2)c1. The fourth-order valence-electron chi connectivity index (χ4n) is 4.57. The van der Waals surface area contributed by atoms with Gasteiger partial charge in [0.25, 0.3) is 0 Å². The molecule has 0 bridgehead atoms. The van der Waals surface area contributed by atoms with Gasteiger partial charge in [0, 0.05) is 43.9 Å². The molecule has 0 aliphatic carbocycles. The number of primary amides is 1. The minimum atomic E-state index is -0.429. The van der Waals surface area contributed by atoms with Crippen LogP contribution in [-0.2, 0) is 6.42 Å². The van der Waals surface area contributed by atoms with Gasteiger partial charge in [-0.15, -0.1) is 0 Å². The van der Waals surface area contributed by atoms with Gasteiger partial charge in [-0.25, -0.2) is 4.98 Å². The van der Waals surface area contributed by atoms with E-state index < -0.39 is 5.91 Å². The molecular weight excluding hydrogens is 438 g/mol. The minimum absolute atomic E-state index is 0.429. The highest BCUT2D eigenvalue weighted by atomic mass is 16.5. The Kier molecular flexibility index (Phi) is 6.68. The van der Waals surface area contributed by atoms with Crippen LogP contribution in [0.4, 0.5) is 5.69 Å². The molecule has 0 saturated carbocycles. The number of benzene rings is 3. The summed E-state index contributed by atoms with van der Waals surface area (Å²) >= 11 is 0. The van der Waals surface area contributed by atoms with Crippen LogP contribution in [0, 0.1) is 0 Å². The van der Waals surface area contributed by atoms with E-state index in [4.69, 9.17) is 15.5 Å². The number of hydrogen-bond acceptors (Lipinski definition) is 5. The molecule has 2 heterocycles. The summed E-state index contributed by atoms with van der Waals surface area (Å²) in [6.45, 7) is 7.46. The van der Waals surface area contributed by atoms with E-state index in [9.17, 15) is 4.79 Å². The smallest absolute Gasteiger partial charge is 0.248 e. The number of aryl methyl sites for hydroxylation is 1. The first-order valence-electron chi connectivity index (χ1n) is 12.2. The molecule has 5 rings (SSSR count). The second kappa shape index (κ2) is 10.2. The molecular formula is C28H31N5O2. The number of nitrogens with zero attached hydrogens (tertiary/aromatic N) is 3. The van der Waals surface area contributed by atoms with E-state index in [1.807, 2.05) is 0 Å². The Morgan fingerprint density at radius 1 is 1.03 bits per heavy atom. The maximum absolute atomic E-state index is 11.2. The standard InChI is InChI=1S/C28H31N5O2/c1-2-20-5-3-6-22(19-20)28-30-24-7-4-8-25(26(24)31-28)33-15-13-32(14-16-33)17-18-35-23-11-9-21(10-12-23)27(29)34/h3-12,19H,2,13-18H2,1H3,(H2,29,34)(H,30,31). The first kappa shape index (κ1) is 22.9. The van der Waals surface area contributed by atoms with Gasteiger partial charge < -0.3 is 20.4 Å². The first-order valence-corrected chi connectivity index (χ1v) is 12.2. The number of para-hydroxylation sites is 1. The summed E-state index contributed by atoms with van der Waals surface area (Å²) in [7, 11) is 0. The van der Waals surface area contributed by atoms with Crippen LogP contribution in [0.2, 0.25) is 0 Å². The lowest BCUT2D eigenvalue weighted by molar-refractivity contribution is 0.1000. The molecule has 3 aromatic carbocycles. The Hall–Kier alpha value is -3.84. The molecule has 0 spiro atoms. The average Bonchev–Trinajstić information content (AvgIpc) is 3.34. The largest absolute Gasteiger partial charge is 0.492 e. The number of nitrogens with one attached hydrogen (secondary N) is 1. The number of amides is 1. The quantitative estimate of drug-likeness (QED) is 0.406. The van der Waals surface area contributed by atoms with Crippen molar-refractivity contribution >= 4 is 22.6 Å². The molecule has 1 aliphatic heterocycles. The van der Waals surface area contributed by atoms with Crippen molar-refractivity contribution in [2.75, 3.05) is 44.2 Å². The van der Waals surface area contributed by atoms with Crippen LogP contribution in [0.25, 0.3) is 22.4 Å². The zero-order chi connectivity index (χ0) is 24.2. The van der Waals surface area contributed by atoms with Crippen molar-refractivity contribution in [3.63, 3.8) is 0 Å². The molecule has 0 atom stereocenters. The normalized spacial score (nSPS) is 14.4. The molecule has 1 saturated heterocycles. The number of aromatic nitrogens is 2. The van der Waals surface area contributed by atoms with Crippen LogP contribution >= 0.6 is 0 Å². The second-order valence-electron chi connectivity index (χ2n) is 8.88. The monoisotopic (exact) mass is 469 g/mol. The molecule has 180 valence electrons. The fourth-order valence-corrected chi connectivity index (χ4v) is 4.57. The number of ether oxygens (including phenoxy) is 1. The molecule has 3 N–H and O–H groups in total. The summed E-state index contributed by atoms with van der Waals surface area (Å²) in [5, 5.41) is 0. The number of fused-ring (bicyclic) bond motifs is 1. The van der Waals surface area contributed by atoms with Crippen LogP contribution in [0.5, 0.6) is 5.75 Å². The molecule has 1 fully saturated rings. The Morgan fingerprint density at radius 3 is 2.54 bits per heavy atom. The number of anilines is 1. The molecule has 1 aromatic heterocycles. The predicted molar refractivity (Wildman–Crippen MR) is 140 cm³/mol. The van der Waals surface area contributed by atoms with Crippen molar-refractivity contribution in [1.82, 2.24) is 14.9 Å². The van der Waals surface area contributed by atoms with Crippen LogP contribution < -0.4 is 15.4 Å². The summed E-state index contributed by atoms with van der Waals surface area (Å²) in [6.07, 6.45) is 1.01. The minimum Gasteiger partial charge on any atom is -0.492 e. The third kappa shape index (κ3) is 5.15. The maximum Gasteiger partial charge on any atom is 0.248 e. The van der Waals surface area contributed by atoms with Crippen LogP contribution in [0.1, 0.15) is 22.8 Å². The summed E-state index contributed by atoms with van der Waals surface area (Å²) in [6, 6.07) is 21.9. The Bertz CT molecular complexity index is 1310. The first-order chi connectivity index (χ1) is 17.1. The lowest BCUT2D eigenvalue weighted by Crippen LogP contribution is -2.47. The molecule has 7 nitrogen and oxygen atoms in total. The summed E-state index contributed by atoms with van der Waals surface area (Å²) < 4.78 is 5.85. The number of H-pyrrole nitrogens is 1. The van der Waals surface area contributed by atoms with Gasteiger partial charge in [-0.1, -0.05) is 31.2 Å². The van der Waals surface area contributed by atoms with E-state index in [1.165, 1.54) is 11.3 Å². The van der Waals surface area contributed by atoms with Gasteiger partial charge in [0.05, 0.1) is 11.2 Å². The van der Waals surface area contributed by atoms with E-state index in [0.717, 1.165) is 67.3 Å². The molecule has 0 unspecified atom stereocenters. The summed E-state index contributed by atoms with van der Waals surface area (Å²) in [5.41, 5.74) is 11.5. The van der Waals surface area contributed by atoms with Gasteiger partial charge in [-0.3, -0.25) is 9.69 Å². The summed E-state index contributed by atoms with van der Waals surface area (Å²) in [4.78, 5) is 24.5. The molecule has 35 heavy (non-hydrogen) atoms. The Morgan fingerprint density at radius 2 is 1.80 bits per heavy atom. The maximum atomic E-state index is 11.2. The second-order valence-corrected chi connectivity index (χ2v) is 8.88. The van der Waals surface area contributed by atoms with Crippen LogP contribution in [0.15, 0.2) is 66.7 Å². The van der Waals surface area contributed by atoms with Crippen molar-refractivity contribution in [1.29, 1.82) is 0 Å².